The summed E-state index contributed by atoms with van der Waals surface area (Å²) in [6.45, 7) is 4.20. The summed E-state index contributed by atoms with van der Waals surface area (Å²) in [5.74, 6) is 2.18. The van der Waals surface area contributed by atoms with E-state index >= 15 is 0 Å². The van der Waals surface area contributed by atoms with Crippen molar-refractivity contribution in [2.75, 3.05) is 20.2 Å². The van der Waals surface area contributed by atoms with Crippen LogP contribution < -0.4 is 9.47 Å². The van der Waals surface area contributed by atoms with Crippen molar-refractivity contribution in [3.63, 3.8) is 0 Å². The molecule has 1 atom stereocenters. The Morgan fingerprint density at radius 3 is 2.19 bits per heavy atom. The zero-order chi connectivity index (χ0) is 25.3. The van der Waals surface area contributed by atoms with Gasteiger partial charge in [0, 0.05) is 25.7 Å². The van der Waals surface area contributed by atoms with Crippen molar-refractivity contribution in [2.24, 2.45) is 7.05 Å². The molecule has 0 saturated carbocycles. The Morgan fingerprint density at radius 2 is 1.56 bits per heavy atom. The monoisotopic (exact) mass is 485 g/mol. The Hall–Kier alpha value is -3.61. The molecule has 0 unspecified atom stereocenters. The number of benzene rings is 3. The van der Waals surface area contributed by atoms with Crippen LogP contribution in [0.3, 0.4) is 0 Å². The van der Waals surface area contributed by atoms with Crippen molar-refractivity contribution in [1.82, 2.24) is 14.7 Å². The Labute approximate surface area is 213 Å². The molecule has 0 spiro atoms. The van der Waals surface area contributed by atoms with E-state index in [9.17, 15) is 5.11 Å². The predicted molar refractivity (Wildman–Crippen MR) is 143 cm³/mol. The molecule has 188 valence electrons. The van der Waals surface area contributed by atoms with E-state index in [4.69, 9.17) is 14.6 Å². The van der Waals surface area contributed by atoms with Gasteiger partial charge in [-0.25, -0.2) is 4.68 Å². The third-order valence-electron chi connectivity index (χ3n) is 6.11. The molecule has 4 rings (SSSR count). The number of aryl methyl sites for hydroxylation is 1. The highest BCUT2D eigenvalue weighted by Crippen LogP contribution is 2.34. The summed E-state index contributed by atoms with van der Waals surface area (Å²) in [6.07, 6.45) is 1.13. The highest BCUT2D eigenvalue weighted by Gasteiger charge is 2.23. The van der Waals surface area contributed by atoms with Crippen LogP contribution in [0, 0.1) is 0 Å². The highest BCUT2D eigenvalue weighted by atomic mass is 16.5. The molecule has 4 aromatic rings. The van der Waals surface area contributed by atoms with Gasteiger partial charge in [-0.1, -0.05) is 67.6 Å². The third kappa shape index (κ3) is 6.53. The first kappa shape index (κ1) is 25.5. The molecule has 36 heavy (non-hydrogen) atoms. The fourth-order valence-corrected chi connectivity index (χ4v) is 4.43. The van der Waals surface area contributed by atoms with Crippen LogP contribution in [0.2, 0.25) is 0 Å². The molecule has 0 aliphatic rings. The maximum absolute atomic E-state index is 10.9. The molecule has 1 N–H and O–H groups in total. The van der Waals surface area contributed by atoms with Crippen molar-refractivity contribution >= 4 is 0 Å². The average Bonchev–Trinajstić information content (AvgIpc) is 3.20. The second-order valence-electron chi connectivity index (χ2n) is 8.98. The average molecular weight is 486 g/mol. The van der Waals surface area contributed by atoms with Gasteiger partial charge in [-0.05, 0) is 49.2 Å². The molecule has 1 heterocycles. The topological polar surface area (TPSA) is 59.8 Å². The predicted octanol–water partition coefficient (Wildman–Crippen LogP) is 5.70. The SMILES string of the molecule is CCCN(Cc1c(-c2ccccc2)nn(C)c1Oc1ccc(OC)cc1)C[C@H](O)Cc1ccccc1. The normalized spacial score (nSPS) is 12.0. The summed E-state index contributed by atoms with van der Waals surface area (Å²) in [5.41, 5.74) is 4.06. The Bertz CT molecular complexity index is 1210. The first-order chi connectivity index (χ1) is 17.6. The molecule has 0 bridgehead atoms. The lowest BCUT2D eigenvalue weighted by atomic mass is 10.1. The lowest BCUT2D eigenvalue weighted by Crippen LogP contribution is -2.34. The van der Waals surface area contributed by atoms with Crippen molar-refractivity contribution in [2.45, 2.75) is 32.4 Å². The second-order valence-corrected chi connectivity index (χ2v) is 8.98. The van der Waals surface area contributed by atoms with Crippen LogP contribution in [0.25, 0.3) is 11.3 Å². The zero-order valence-corrected chi connectivity index (χ0v) is 21.3. The minimum atomic E-state index is -0.471. The second kappa shape index (κ2) is 12.4. The standard InChI is InChI=1S/C30H35N3O3/c1-4-19-33(21-25(34)20-23-11-7-5-8-12-23)22-28-29(24-13-9-6-10-14-24)31-32(2)30(28)36-27-17-15-26(35-3)16-18-27/h5-18,25,34H,4,19-22H2,1-3H3/t25-/m1/s1. The van der Waals surface area contributed by atoms with Gasteiger partial charge in [-0.3, -0.25) is 4.90 Å². The number of hydrogen-bond acceptors (Lipinski definition) is 5. The molecule has 1 aromatic heterocycles. The number of hydrogen-bond donors (Lipinski definition) is 1. The molecule has 0 aliphatic heterocycles. The lowest BCUT2D eigenvalue weighted by Gasteiger charge is -2.25. The largest absolute Gasteiger partial charge is 0.497 e. The summed E-state index contributed by atoms with van der Waals surface area (Å²) in [4.78, 5) is 2.29. The van der Waals surface area contributed by atoms with Crippen LogP contribution in [0.1, 0.15) is 24.5 Å². The van der Waals surface area contributed by atoms with E-state index < -0.39 is 6.10 Å². The fraction of sp³-hybridized carbons (Fsp3) is 0.300. The van der Waals surface area contributed by atoms with Gasteiger partial charge < -0.3 is 14.6 Å². The van der Waals surface area contributed by atoms with Crippen LogP contribution in [0.15, 0.2) is 84.9 Å². The van der Waals surface area contributed by atoms with Crippen molar-refractivity contribution in [3.05, 3.63) is 96.1 Å². The van der Waals surface area contributed by atoms with Gasteiger partial charge in [-0.2, -0.15) is 5.10 Å². The van der Waals surface area contributed by atoms with Gasteiger partial charge in [0.1, 0.15) is 17.2 Å². The summed E-state index contributed by atoms with van der Waals surface area (Å²) in [6, 6.07) is 27.9. The van der Waals surface area contributed by atoms with Gasteiger partial charge in [0.2, 0.25) is 5.88 Å². The molecule has 6 heteroatoms. The van der Waals surface area contributed by atoms with Crippen LogP contribution >= 0.6 is 0 Å². The van der Waals surface area contributed by atoms with E-state index in [2.05, 4.69) is 36.1 Å². The summed E-state index contributed by atoms with van der Waals surface area (Å²) < 4.78 is 13.5. The maximum Gasteiger partial charge on any atom is 0.222 e. The number of aliphatic hydroxyl groups is 1. The van der Waals surface area contributed by atoms with E-state index in [0.29, 0.717) is 31.1 Å². The summed E-state index contributed by atoms with van der Waals surface area (Å²) >= 11 is 0. The molecule has 6 nitrogen and oxygen atoms in total. The van der Waals surface area contributed by atoms with E-state index in [0.717, 1.165) is 41.1 Å². The Morgan fingerprint density at radius 1 is 0.917 bits per heavy atom. The van der Waals surface area contributed by atoms with Gasteiger partial charge >= 0.3 is 0 Å². The first-order valence-corrected chi connectivity index (χ1v) is 12.4. The Balaban J connectivity index is 1.63. The minimum Gasteiger partial charge on any atom is -0.497 e. The fourth-order valence-electron chi connectivity index (χ4n) is 4.43. The number of methoxy groups -OCH3 is 1. The number of aromatic nitrogens is 2. The molecule has 0 radical (unpaired) electrons. The maximum atomic E-state index is 10.9. The Kier molecular flexibility index (Phi) is 8.76. The molecule has 3 aromatic carbocycles. The number of ether oxygens (including phenoxy) is 2. The van der Waals surface area contributed by atoms with Crippen LogP contribution in [0.4, 0.5) is 0 Å². The quantitative estimate of drug-likeness (QED) is 0.279. The van der Waals surface area contributed by atoms with E-state index in [1.165, 1.54) is 0 Å². The van der Waals surface area contributed by atoms with E-state index in [1.807, 2.05) is 67.7 Å². The molecule has 0 fully saturated rings. The zero-order valence-electron chi connectivity index (χ0n) is 21.3. The van der Waals surface area contributed by atoms with Gasteiger partial charge in [0.15, 0.2) is 0 Å². The summed E-state index contributed by atoms with van der Waals surface area (Å²) in [7, 11) is 3.55. The first-order valence-electron chi connectivity index (χ1n) is 12.4. The van der Waals surface area contributed by atoms with Crippen molar-refractivity contribution in [1.29, 1.82) is 0 Å². The number of rotatable bonds is 12. The van der Waals surface area contributed by atoms with Gasteiger partial charge in [-0.15, -0.1) is 0 Å². The highest BCUT2D eigenvalue weighted by molar-refractivity contribution is 5.65. The minimum absolute atomic E-state index is 0.471. The van der Waals surface area contributed by atoms with Crippen molar-refractivity contribution in [3.8, 4) is 28.6 Å². The van der Waals surface area contributed by atoms with Gasteiger partial charge in [0.25, 0.3) is 0 Å². The molecule has 0 aliphatic carbocycles. The number of nitrogens with zero attached hydrogens (tertiary/aromatic N) is 3. The molecular weight excluding hydrogens is 450 g/mol. The molecule has 0 amide bonds. The molecule has 0 saturated heterocycles. The van der Waals surface area contributed by atoms with Crippen LogP contribution in [-0.4, -0.2) is 46.1 Å². The van der Waals surface area contributed by atoms with Crippen LogP contribution in [0.5, 0.6) is 17.4 Å². The summed E-state index contributed by atoms with van der Waals surface area (Å²) in [5, 5.41) is 15.8. The smallest absolute Gasteiger partial charge is 0.222 e. The third-order valence-corrected chi connectivity index (χ3v) is 6.11. The van der Waals surface area contributed by atoms with Crippen molar-refractivity contribution < 1.29 is 14.6 Å². The van der Waals surface area contributed by atoms with Crippen LogP contribution in [-0.2, 0) is 20.0 Å². The molecular formula is C30H35N3O3. The van der Waals surface area contributed by atoms with E-state index in [1.54, 1.807) is 11.8 Å². The van der Waals surface area contributed by atoms with E-state index in [-0.39, 0.29) is 0 Å². The van der Waals surface area contributed by atoms with Gasteiger partial charge in [0.05, 0.1) is 18.8 Å². The lowest BCUT2D eigenvalue weighted by molar-refractivity contribution is 0.108. The number of aliphatic hydroxyl groups excluding tert-OH is 1.